The normalized spacial score (nSPS) is 15.6. The van der Waals surface area contributed by atoms with Crippen LogP contribution in [0.4, 0.5) is 18.9 Å². The van der Waals surface area contributed by atoms with Crippen LogP contribution in [0.25, 0.3) is 0 Å². The van der Waals surface area contributed by atoms with Crippen LogP contribution < -0.4 is 10.1 Å². The summed E-state index contributed by atoms with van der Waals surface area (Å²) >= 11 is 5.90. The summed E-state index contributed by atoms with van der Waals surface area (Å²) in [4.78, 5) is 16.6. The number of carbonyl (C=O) groups is 1. The highest BCUT2D eigenvalue weighted by Gasteiger charge is 2.35. The van der Waals surface area contributed by atoms with Crippen molar-refractivity contribution < 1.29 is 22.7 Å². The molecule has 3 rings (SSSR count). The molecule has 1 fully saturated rings. The number of halogens is 4. The molecule has 168 valence electrons. The second-order valence-corrected chi connectivity index (χ2v) is 7.83. The van der Waals surface area contributed by atoms with E-state index in [1.807, 2.05) is 29.2 Å². The molecule has 5 nitrogen and oxygen atoms in total. The molecule has 1 heterocycles. The van der Waals surface area contributed by atoms with Gasteiger partial charge in [0.1, 0.15) is 5.75 Å². The van der Waals surface area contributed by atoms with Gasteiger partial charge in [-0.15, -0.1) is 0 Å². The molecule has 1 saturated heterocycles. The minimum atomic E-state index is -4.59. The summed E-state index contributed by atoms with van der Waals surface area (Å²) in [5.74, 6) is 0.320. The number of hydrogen-bond donors (Lipinski definition) is 1. The third-order valence-electron chi connectivity index (χ3n) is 5.29. The van der Waals surface area contributed by atoms with Crippen molar-refractivity contribution in [3.8, 4) is 5.75 Å². The number of para-hydroxylation sites is 1. The molecule has 0 aromatic heterocycles. The molecule has 0 saturated carbocycles. The first-order valence-corrected chi connectivity index (χ1v) is 10.4. The molecule has 2 aromatic rings. The maximum atomic E-state index is 13.2. The number of hydrogen-bond acceptors (Lipinski definition) is 4. The number of methoxy groups -OCH3 is 1. The number of alkyl halides is 3. The highest BCUT2D eigenvalue weighted by atomic mass is 35.5. The minimum Gasteiger partial charge on any atom is -0.497 e. The second kappa shape index (κ2) is 10.3. The smallest absolute Gasteiger partial charge is 0.418 e. The summed E-state index contributed by atoms with van der Waals surface area (Å²) in [5.41, 5.74) is -0.112. The van der Waals surface area contributed by atoms with E-state index in [0.29, 0.717) is 13.1 Å². The number of rotatable bonds is 7. The fraction of sp³-hybridized carbons (Fsp3) is 0.409. The Hall–Kier alpha value is -2.29. The van der Waals surface area contributed by atoms with Crippen LogP contribution in [0, 0.1) is 0 Å². The summed E-state index contributed by atoms with van der Waals surface area (Å²) in [6.45, 7) is 3.86. The third kappa shape index (κ3) is 6.59. The fourth-order valence-electron chi connectivity index (χ4n) is 3.52. The molecule has 1 aliphatic rings. The highest BCUT2D eigenvalue weighted by Crippen LogP contribution is 2.38. The molecule has 0 unspecified atom stereocenters. The first-order valence-electron chi connectivity index (χ1n) is 9.99. The number of nitrogens with one attached hydrogen (secondary N) is 1. The number of piperazine rings is 1. The average molecular weight is 456 g/mol. The van der Waals surface area contributed by atoms with Crippen molar-refractivity contribution in [3.05, 3.63) is 58.6 Å². The van der Waals surface area contributed by atoms with E-state index in [4.69, 9.17) is 16.3 Å². The molecule has 9 heteroatoms. The Morgan fingerprint density at radius 1 is 1.06 bits per heavy atom. The standard InChI is InChI=1S/C22H25ClF3N3O2/c1-31-17-7-5-16(6-8-17)9-10-28-11-13-29(14-12-28)15-20(30)27-21-18(22(24,25)26)3-2-4-19(21)23/h2-8H,9-15H2,1H3,(H,27,30). The predicted molar refractivity (Wildman–Crippen MR) is 115 cm³/mol. The van der Waals surface area contributed by atoms with Gasteiger partial charge in [0, 0.05) is 32.7 Å². The molecular formula is C22H25ClF3N3O2. The average Bonchev–Trinajstić information content (AvgIpc) is 2.74. The molecule has 0 atom stereocenters. The van der Waals surface area contributed by atoms with E-state index >= 15 is 0 Å². The Labute approximate surface area is 184 Å². The van der Waals surface area contributed by atoms with Gasteiger partial charge in [-0.05, 0) is 36.2 Å². The molecule has 1 aliphatic heterocycles. The second-order valence-electron chi connectivity index (χ2n) is 7.42. The Morgan fingerprint density at radius 2 is 1.71 bits per heavy atom. The van der Waals surface area contributed by atoms with Crippen molar-refractivity contribution in [1.82, 2.24) is 9.80 Å². The zero-order chi connectivity index (χ0) is 22.4. The Morgan fingerprint density at radius 3 is 2.32 bits per heavy atom. The SMILES string of the molecule is COc1ccc(CCN2CCN(CC(=O)Nc3c(Cl)cccc3C(F)(F)F)CC2)cc1. The molecule has 0 radical (unpaired) electrons. The van der Waals surface area contributed by atoms with Crippen LogP contribution in [-0.4, -0.2) is 62.1 Å². The van der Waals surface area contributed by atoms with Crippen LogP contribution in [0.1, 0.15) is 11.1 Å². The number of carbonyl (C=O) groups excluding carboxylic acids is 1. The van der Waals surface area contributed by atoms with Gasteiger partial charge >= 0.3 is 6.18 Å². The lowest BCUT2D eigenvalue weighted by Gasteiger charge is -2.34. The predicted octanol–water partition coefficient (Wildman–Crippen LogP) is 4.17. The van der Waals surface area contributed by atoms with Crippen LogP contribution in [0.3, 0.4) is 0 Å². The van der Waals surface area contributed by atoms with Crippen molar-refractivity contribution in [3.63, 3.8) is 0 Å². The lowest BCUT2D eigenvalue weighted by molar-refractivity contribution is -0.137. The van der Waals surface area contributed by atoms with Gasteiger partial charge in [0.25, 0.3) is 0 Å². The van der Waals surface area contributed by atoms with E-state index in [1.165, 1.54) is 17.7 Å². The zero-order valence-corrected chi connectivity index (χ0v) is 18.0. The number of benzene rings is 2. The van der Waals surface area contributed by atoms with Crippen LogP contribution in [0.5, 0.6) is 5.75 Å². The van der Waals surface area contributed by atoms with Gasteiger partial charge in [-0.2, -0.15) is 13.2 Å². The summed E-state index contributed by atoms with van der Waals surface area (Å²) in [7, 11) is 1.64. The minimum absolute atomic E-state index is 0.0227. The van der Waals surface area contributed by atoms with Crippen molar-refractivity contribution in [2.24, 2.45) is 0 Å². The van der Waals surface area contributed by atoms with Gasteiger partial charge in [-0.25, -0.2) is 0 Å². The molecule has 0 bridgehead atoms. The van der Waals surface area contributed by atoms with E-state index in [-0.39, 0.29) is 17.3 Å². The monoisotopic (exact) mass is 455 g/mol. The lowest BCUT2D eigenvalue weighted by atomic mass is 10.1. The van der Waals surface area contributed by atoms with Crippen LogP contribution >= 0.6 is 11.6 Å². The van der Waals surface area contributed by atoms with Crippen molar-refractivity contribution in [2.75, 3.05) is 51.7 Å². The van der Waals surface area contributed by atoms with Gasteiger partial charge in [-0.1, -0.05) is 29.8 Å². The van der Waals surface area contributed by atoms with Gasteiger partial charge in [0.15, 0.2) is 0 Å². The maximum absolute atomic E-state index is 13.2. The lowest BCUT2D eigenvalue weighted by Crippen LogP contribution is -2.49. The molecule has 0 aliphatic carbocycles. The first kappa shape index (κ1) is 23.4. The summed E-state index contributed by atoms with van der Waals surface area (Å²) in [6.07, 6.45) is -3.68. The summed E-state index contributed by atoms with van der Waals surface area (Å²) in [5, 5.41) is 2.21. The topological polar surface area (TPSA) is 44.8 Å². The van der Waals surface area contributed by atoms with E-state index in [9.17, 15) is 18.0 Å². The van der Waals surface area contributed by atoms with Crippen LogP contribution in [0.15, 0.2) is 42.5 Å². The van der Waals surface area contributed by atoms with Gasteiger partial charge in [0.05, 0.1) is 29.9 Å². The molecule has 31 heavy (non-hydrogen) atoms. The Kier molecular flexibility index (Phi) is 7.80. The van der Waals surface area contributed by atoms with Gasteiger partial charge in [0.2, 0.25) is 5.91 Å². The maximum Gasteiger partial charge on any atom is 0.418 e. The quantitative estimate of drug-likeness (QED) is 0.680. The Balaban J connectivity index is 1.46. The van der Waals surface area contributed by atoms with E-state index < -0.39 is 17.6 Å². The molecule has 0 spiro atoms. The molecule has 1 N–H and O–H groups in total. The van der Waals surface area contributed by atoms with Crippen molar-refractivity contribution in [2.45, 2.75) is 12.6 Å². The van der Waals surface area contributed by atoms with Crippen molar-refractivity contribution in [1.29, 1.82) is 0 Å². The Bertz CT molecular complexity index is 883. The number of ether oxygens (including phenoxy) is 1. The number of amides is 1. The van der Waals surface area contributed by atoms with E-state index in [1.54, 1.807) is 7.11 Å². The summed E-state index contributed by atoms with van der Waals surface area (Å²) < 4.78 is 44.7. The van der Waals surface area contributed by atoms with E-state index in [0.717, 1.165) is 37.9 Å². The summed E-state index contributed by atoms with van der Waals surface area (Å²) in [6, 6.07) is 11.4. The third-order valence-corrected chi connectivity index (χ3v) is 5.61. The molecule has 1 amide bonds. The van der Waals surface area contributed by atoms with Gasteiger partial charge < -0.3 is 15.0 Å². The molecule has 2 aromatic carbocycles. The van der Waals surface area contributed by atoms with Gasteiger partial charge in [-0.3, -0.25) is 9.69 Å². The largest absolute Gasteiger partial charge is 0.497 e. The first-order chi connectivity index (χ1) is 14.8. The van der Waals surface area contributed by atoms with Crippen LogP contribution in [-0.2, 0) is 17.4 Å². The van der Waals surface area contributed by atoms with Crippen molar-refractivity contribution >= 4 is 23.2 Å². The number of anilines is 1. The van der Waals surface area contributed by atoms with Crippen LogP contribution in [0.2, 0.25) is 5.02 Å². The highest BCUT2D eigenvalue weighted by molar-refractivity contribution is 6.34. The number of nitrogens with zero attached hydrogens (tertiary/aromatic N) is 2. The fourth-order valence-corrected chi connectivity index (χ4v) is 3.74. The zero-order valence-electron chi connectivity index (χ0n) is 17.2. The van der Waals surface area contributed by atoms with E-state index in [2.05, 4.69) is 10.2 Å². The molecular weight excluding hydrogens is 431 g/mol.